The topological polar surface area (TPSA) is 63.1 Å². The van der Waals surface area contributed by atoms with Crippen LogP contribution in [0.5, 0.6) is 0 Å². The van der Waals surface area contributed by atoms with Gasteiger partial charge in [-0.05, 0) is 18.1 Å². The molecule has 2 aliphatic heterocycles. The van der Waals surface area contributed by atoms with Crippen molar-refractivity contribution in [3.63, 3.8) is 0 Å². The lowest BCUT2D eigenvalue weighted by atomic mass is 10.1. The second-order valence-electron chi connectivity index (χ2n) is 11.1. The zero-order chi connectivity index (χ0) is 27.0. The van der Waals surface area contributed by atoms with Crippen molar-refractivity contribution in [3.05, 3.63) is 42.0 Å². The standard InChI is InChI=1S/C25H33F4N5O2Si/c1-24(2,3)37(4,5)35-15-17-7-6-8-21(22(17)26)18-9-30-23(31-10-18)34-11-19(12-34)32-36-20-13-33(14-20)16-25(27,28)29/h6-10,20H,11-16H2,1-5H3. The van der Waals surface area contributed by atoms with Gasteiger partial charge < -0.3 is 14.2 Å². The fraction of sp³-hybridized carbons (Fsp3) is 0.560. The van der Waals surface area contributed by atoms with Gasteiger partial charge in [0.05, 0.1) is 32.0 Å². The monoisotopic (exact) mass is 539 g/mol. The number of halogens is 4. The second kappa shape index (κ2) is 10.3. The van der Waals surface area contributed by atoms with E-state index < -0.39 is 21.0 Å². The molecule has 2 fully saturated rings. The van der Waals surface area contributed by atoms with Crippen LogP contribution in [0.1, 0.15) is 26.3 Å². The molecule has 0 bridgehead atoms. The number of aromatic nitrogens is 2. The molecule has 0 unspecified atom stereocenters. The molecule has 4 rings (SSSR count). The number of hydrogen-bond acceptors (Lipinski definition) is 7. The van der Waals surface area contributed by atoms with Crippen molar-refractivity contribution >= 4 is 20.0 Å². The first-order chi connectivity index (χ1) is 17.2. The molecule has 0 spiro atoms. The van der Waals surface area contributed by atoms with E-state index >= 15 is 4.39 Å². The quantitative estimate of drug-likeness (QED) is 0.260. The SMILES string of the molecule is CC(C)(C)[Si](C)(C)OCc1cccc(-c2cnc(N3CC(=NOC4CN(CC(F)(F)F)C4)C3)nc2)c1F. The maximum atomic E-state index is 15.3. The lowest BCUT2D eigenvalue weighted by Crippen LogP contribution is -2.55. The molecule has 2 saturated heterocycles. The van der Waals surface area contributed by atoms with Crippen LogP contribution in [-0.4, -0.2) is 73.9 Å². The van der Waals surface area contributed by atoms with Gasteiger partial charge in [-0.1, -0.05) is 44.1 Å². The Morgan fingerprint density at radius 3 is 2.32 bits per heavy atom. The third-order valence-corrected chi connectivity index (χ3v) is 11.6. The van der Waals surface area contributed by atoms with Gasteiger partial charge in [0.1, 0.15) is 5.82 Å². The van der Waals surface area contributed by atoms with Crippen LogP contribution < -0.4 is 4.90 Å². The molecule has 12 heteroatoms. The van der Waals surface area contributed by atoms with Crippen LogP contribution in [0, 0.1) is 5.82 Å². The van der Waals surface area contributed by atoms with E-state index in [2.05, 4.69) is 49.0 Å². The van der Waals surface area contributed by atoms with Crippen LogP contribution in [0.4, 0.5) is 23.5 Å². The summed E-state index contributed by atoms with van der Waals surface area (Å²) in [4.78, 5) is 17.2. The number of likely N-dealkylation sites (tertiary alicyclic amines) is 1. The molecule has 0 N–H and O–H groups in total. The van der Waals surface area contributed by atoms with Crippen molar-refractivity contribution in [2.45, 2.75) is 57.8 Å². The predicted molar refractivity (Wildman–Crippen MR) is 136 cm³/mol. The zero-order valence-corrected chi connectivity index (χ0v) is 22.8. The van der Waals surface area contributed by atoms with Crippen LogP contribution in [0.25, 0.3) is 11.1 Å². The lowest BCUT2D eigenvalue weighted by molar-refractivity contribution is -0.170. The minimum atomic E-state index is -4.20. The van der Waals surface area contributed by atoms with Crippen molar-refractivity contribution in [1.29, 1.82) is 0 Å². The smallest absolute Gasteiger partial charge is 0.401 e. The summed E-state index contributed by atoms with van der Waals surface area (Å²) < 4.78 is 58.5. The molecule has 0 atom stereocenters. The van der Waals surface area contributed by atoms with Crippen LogP contribution in [0.2, 0.25) is 18.1 Å². The van der Waals surface area contributed by atoms with Crippen molar-refractivity contribution in [2.24, 2.45) is 5.16 Å². The van der Waals surface area contributed by atoms with Gasteiger partial charge in [-0.15, -0.1) is 0 Å². The highest BCUT2D eigenvalue weighted by molar-refractivity contribution is 6.74. The van der Waals surface area contributed by atoms with Gasteiger partial charge in [-0.3, -0.25) is 4.90 Å². The van der Waals surface area contributed by atoms with Gasteiger partial charge in [-0.2, -0.15) is 13.2 Å². The van der Waals surface area contributed by atoms with Crippen molar-refractivity contribution < 1.29 is 26.8 Å². The molecule has 7 nitrogen and oxygen atoms in total. The van der Waals surface area contributed by atoms with Gasteiger partial charge in [0.2, 0.25) is 5.95 Å². The zero-order valence-electron chi connectivity index (χ0n) is 21.8. The van der Waals surface area contributed by atoms with Gasteiger partial charge in [0.15, 0.2) is 14.4 Å². The predicted octanol–water partition coefficient (Wildman–Crippen LogP) is 5.24. The lowest BCUT2D eigenvalue weighted by Gasteiger charge is -2.38. The summed E-state index contributed by atoms with van der Waals surface area (Å²) in [5.74, 6) is 0.151. The molecule has 0 amide bonds. The van der Waals surface area contributed by atoms with E-state index in [-0.39, 0.29) is 36.7 Å². The van der Waals surface area contributed by atoms with E-state index in [1.54, 1.807) is 30.6 Å². The van der Waals surface area contributed by atoms with Crippen LogP contribution >= 0.6 is 0 Å². The molecule has 1 aromatic heterocycles. The van der Waals surface area contributed by atoms with Crippen molar-refractivity contribution in [2.75, 3.05) is 37.6 Å². The Morgan fingerprint density at radius 2 is 1.73 bits per heavy atom. The fourth-order valence-corrected chi connectivity index (χ4v) is 4.68. The summed E-state index contributed by atoms with van der Waals surface area (Å²) >= 11 is 0. The Balaban J connectivity index is 1.29. The first-order valence-corrected chi connectivity index (χ1v) is 15.1. The number of rotatable bonds is 8. The molecule has 1 aromatic carbocycles. The molecular weight excluding hydrogens is 506 g/mol. The highest BCUT2D eigenvalue weighted by Crippen LogP contribution is 2.37. The largest absolute Gasteiger partial charge is 0.412 e. The van der Waals surface area contributed by atoms with Gasteiger partial charge in [-0.25, -0.2) is 14.4 Å². The molecule has 3 heterocycles. The van der Waals surface area contributed by atoms with E-state index in [0.29, 0.717) is 35.7 Å². The van der Waals surface area contributed by atoms with E-state index in [4.69, 9.17) is 9.26 Å². The van der Waals surface area contributed by atoms with E-state index in [1.807, 2.05) is 4.90 Å². The normalized spacial score (nSPS) is 17.4. The average Bonchev–Trinajstić information content (AvgIpc) is 2.74. The third-order valence-electron chi connectivity index (χ3n) is 7.11. The Kier molecular flexibility index (Phi) is 7.64. The minimum Gasteiger partial charge on any atom is -0.412 e. The Morgan fingerprint density at radius 1 is 1.08 bits per heavy atom. The van der Waals surface area contributed by atoms with Crippen LogP contribution in [0.3, 0.4) is 0 Å². The minimum absolute atomic E-state index is 0.0350. The number of nitrogens with zero attached hydrogens (tertiary/aromatic N) is 5. The summed E-state index contributed by atoms with van der Waals surface area (Å²) in [6.45, 7) is 11.4. The third kappa shape index (κ3) is 6.66. The Hall–Kier alpha value is -2.57. The number of anilines is 1. The van der Waals surface area contributed by atoms with Crippen LogP contribution in [0.15, 0.2) is 35.7 Å². The fourth-order valence-electron chi connectivity index (χ4n) is 3.73. The van der Waals surface area contributed by atoms with Crippen molar-refractivity contribution in [1.82, 2.24) is 14.9 Å². The molecule has 0 saturated carbocycles. The first-order valence-electron chi connectivity index (χ1n) is 12.2. The summed E-state index contributed by atoms with van der Waals surface area (Å²) in [5, 5.41) is 4.08. The second-order valence-corrected chi connectivity index (χ2v) is 16.0. The van der Waals surface area contributed by atoms with E-state index in [1.165, 1.54) is 4.90 Å². The van der Waals surface area contributed by atoms with Gasteiger partial charge in [0.25, 0.3) is 0 Å². The van der Waals surface area contributed by atoms with Crippen LogP contribution in [-0.2, 0) is 15.9 Å². The van der Waals surface area contributed by atoms with E-state index in [0.717, 1.165) is 5.71 Å². The number of oxime groups is 1. The summed E-state index contributed by atoms with van der Waals surface area (Å²) in [5.41, 5.74) is 2.26. The highest BCUT2D eigenvalue weighted by atomic mass is 28.4. The number of hydrogen-bond donors (Lipinski definition) is 0. The Labute approximate surface area is 215 Å². The summed E-state index contributed by atoms with van der Waals surface area (Å²) in [7, 11) is -2.01. The summed E-state index contributed by atoms with van der Waals surface area (Å²) in [6.07, 6.45) is -1.34. The Bertz CT molecular complexity index is 1120. The molecule has 2 aromatic rings. The molecule has 2 aliphatic rings. The molecule has 202 valence electrons. The molecule has 0 radical (unpaired) electrons. The summed E-state index contributed by atoms with van der Waals surface area (Å²) in [6, 6.07) is 5.24. The number of benzene rings is 1. The average molecular weight is 540 g/mol. The first kappa shape index (κ1) is 27.5. The molecule has 0 aliphatic carbocycles. The van der Waals surface area contributed by atoms with Gasteiger partial charge >= 0.3 is 6.18 Å². The van der Waals surface area contributed by atoms with Gasteiger partial charge in [0, 0.05) is 42.2 Å². The number of alkyl halides is 3. The maximum Gasteiger partial charge on any atom is 0.401 e. The maximum absolute atomic E-state index is 15.3. The molecular formula is C25H33F4N5O2Si. The van der Waals surface area contributed by atoms with Crippen molar-refractivity contribution in [3.8, 4) is 11.1 Å². The van der Waals surface area contributed by atoms with E-state index in [9.17, 15) is 13.2 Å². The highest BCUT2D eigenvalue weighted by Gasteiger charge is 2.39. The molecule has 37 heavy (non-hydrogen) atoms.